The molecule has 0 amide bonds. The summed E-state index contributed by atoms with van der Waals surface area (Å²) < 4.78 is 25.0. The van der Waals surface area contributed by atoms with Gasteiger partial charge in [-0.1, -0.05) is 56.7 Å². The van der Waals surface area contributed by atoms with E-state index >= 15 is 0 Å². The third-order valence-corrected chi connectivity index (χ3v) is 7.59. The average Bonchev–Trinajstić information content (AvgIpc) is 2.83. The van der Waals surface area contributed by atoms with E-state index in [4.69, 9.17) is 0 Å². The van der Waals surface area contributed by atoms with Gasteiger partial charge in [0.15, 0.2) is 26.7 Å². The maximum Gasteiger partial charge on any atom is 0.196 e. The normalized spacial score (nSPS) is 18.0. The van der Waals surface area contributed by atoms with E-state index in [1.165, 1.54) is 43.6 Å². The predicted octanol–water partition coefficient (Wildman–Crippen LogP) is 4.47. The molecule has 0 saturated heterocycles. The molecule has 0 fully saturated rings. The van der Waals surface area contributed by atoms with Crippen molar-refractivity contribution in [1.29, 1.82) is 0 Å². The molecule has 1 heterocycles. The second-order valence-corrected chi connectivity index (χ2v) is 9.81. The summed E-state index contributed by atoms with van der Waals surface area (Å²) in [5.41, 5.74) is 0.160. The lowest BCUT2D eigenvalue weighted by molar-refractivity contribution is -0.118. The van der Waals surface area contributed by atoms with Crippen molar-refractivity contribution < 1.29 is 18.0 Å². The molecule has 0 saturated carbocycles. The van der Waals surface area contributed by atoms with E-state index in [0.29, 0.717) is 6.42 Å². The number of hydrogen-bond donors (Lipinski definition) is 0. The Labute approximate surface area is 161 Å². The zero-order valence-electron chi connectivity index (χ0n) is 15.4. The van der Waals surface area contributed by atoms with E-state index in [9.17, 15) is 18.0 Å². The largest absolute Gasteiger partial charge is 0.298 e. The van der Waals surface area contributed by atoms with Crippen LogP contribution in [0.15, 0.2) is 29.2 Å². The molecule has 0 radical (unpaired) electrons. The van der Waals surface area contributed by atoms with Crippen molar-refractivity contribution in [3.63, 3.8) is 0 Å². The summed E-state index contributed by atoms with van der Waals surface area (Å²) in [4.78, 5) is 24.7. The molecule has 0 bridgehead atoms. The lowest BCUT2D eigenvalue weighted by Gasteiger charge is -2.07. The minimum absolute atomic E-state index is 0.00447. The monoisotopic (exact) mass is 396 g/mol. The van der Waals surface area contributed by atoms with Crippen LogP contribution in [0.1, 0.15) is 68.1 Å². The Morgan fingerprint density at radius 1 is 0.962 bits per heavy atom. The molecule has 1 aliphatic rings. The van der Waals surface area contributed by atoms with Crippen molar-refractivity contribution in [3.8, 4) is 0 Å². The van der Waals surface area contributed by atoms with Crippen molar-refractivity contribution >= 4 is 33.2 Å². The fraction of sp³-hybridized carbons (Fsp3) is 0.600. The molecule has 1 aliphatic heterocycles. The van der Waals surface area contributed by atoms with Gasteiger partial charge in [-0.15, -0.1) is 0 Å². The van der Waals surface area contributed by atoms with Gasteiger partial charge in [0.1, 0.15) is 0 Å². The number of sulfone groups is 1. The zero-order valence-corrected chi connectivity index (χ0v) is 17.0. The first kappa shape index (κ1) is 21.2. The number of thioether (sulfide) groups is 1. The Morgan fingerprint density at radius 2 is 1.54 bits per heavy atom. The molecule has 1 aromatic rings. The van der Waals surface area contributed by atoms with Gasteiger partial charge in [-0.25, -0.2) is 8.42 Å². The average molecular weight is 397 g/mol. The fourth-order valence-corrected chi connectivity index (χ4v) is 5.75. The highest BCUT2D eigenvalue weighted by Gasteiger charge is 2.47. The first-order chi connectivity index (χ1) is 12.5. The smallest absolute Gasteiger partial charge is 0.196 e. The van der Waals surface area contributed by atoms with Crippen LogP contribution in [0.5, 0.6) is 0 Å². The van der Waals surface area contributed by atoms with E-state index < -0.39 is 26.7 Å². The summed E-state index contributed by atoms with van der Waals surface area (Å²) in [7, 11) is -3.86. The maximum atomic E-state index is 12.5. The van der Waals surface area contributed by atoms with Crippen LogP contribution < -0.4 is 0 Å². The van der Waals surface area contributed by atoms with Crippen molar-refractivity contribution in [2.45, 2.75) is 67.9 Å². The van der Waals surface area contributed by atoms with Gasteiger partial charge in [-0.3, -0.25) is 9.59 Å². The SMILES string of the molecule is CSCCCCCCCCCCC(=O)C1C(=O)c2ccccc2S1(=O)=O. The number of rotatable bonds is 12. The lowest BCUT2D eigenvalue weighted by Crippen LogP contribution is -2.32. The number of benzene rings is 1. The van der Waals surface area contributed by atoms with Crippen molar-refractivity contribution in [1.82, 2.24) is 0 Å². The van der Waals surface area contributed by atoms with Crippen molar-refractivity contribution in [2.24, 2.45) is 0 Å². The molecule has 6 heteroatoms. The molecule has 2 rings (SSSR count). The summed E-state index contributed by atoms with van der Waals surface area (Å²) in [6, 6.07) is 6.11. The Hall–Kier alpha value is -1.14. The summed E-state index contributed by atoms with van der Waals surface area (Å²) in [5, 5.41) is -1.52. The van der Waals surface area contributed by atoms with Gasteiger partial charge >= 0.3 is 0 Å². The molecule has 0 aromatic heterocycles. The van der Waals surface area contributed by atoms with Gasteiger partial charge in [-0.2, -0.15) is 11.8 Å². The molecule has 1 unspecified atom stereocenters. The van der Waals surface area contributed by atoms with Gasteiger partial charge in [0, 0.05) is 12.0 Å². The Morgan fingerprint density at radius 3 is 2.15 bits per heavy atom. The highest BCUT2D eigenvalue weighted by Crippen LogP contribution is 2.32. The van der Waals surface area contributed by atoms with Crippen LogP contribution in [-0.4, -0.2) is 37.2 Å². The number of ketones is 2. The molecule has 0 aliphatic carbocycles. The van der Waals surface area contributed by atoms with Gasteiger partial charge in [0.2, 0.25) is 0 Å². The first-order valence-electron chi connectivity index (χ1n) is 9.39. The molecule has 0 spiro atoms. The van der Waals surface area contributed by atoms with E-state index in [2.05, 4.69) is 6.26 Å². The van der Waals surface area contributed by atoms with E-state index in [0.717, 1.165) is 19.3 Å². The second kappa shape index (κ2) is 10.3. The standard InChI is InChI=1S/C20H28O4S2/c1-25-15-11-7-5-3-2-4-6-8-13-17(21)20-19(22)16-12-9-10-14-18(16)26(20,23)24/h9-10,12,14,20H,2-8,11,13,15H2,1H3. The summed E-state index contributed by atoms with van der Waals surface area (Å²) in [6.45, 7) is 0. The summed E-state index contributed by atoms with van der Waals surface area (Å²) >= 11 is 1.89. The van der Waals surface area contributed by atoms with E-state index in [1.807, 2.05) is 11.8 Å². The highest BCUT2D eigenvalue weighted by atomic mass is 32.2. The maximum absolute atomic E-state index is 12.5. The van der Waals surface area contributed by atoms with Crippen molar-refractivity contribution in [2.75, 3.05) is 12.0 Å². The van der Waals surface area contributed by atoms with Crippen LogP contribution in [0.2, 0.25) is 0 Å². The number of carbonyl (C=O) groups excluding carboxylic acids is 2. The Balaban J connectivity index is 1.70. The number of hydrogen-bond acceptors (Lipinski definition) is 5. The topological polar surface area (TPSA) is 68.3 Å². The van der Waals surface area contributed by atoms with Crippen LogP contribution in [0.3, 0.4) is 0 Å². The van der Waals surface area contributed by atoms with Gasteiger partial charge in [0.05, 0.1) is 4.90 Å². The van der Waals surface area contributed by atoms with Crippen LogP contribution >= 0.6 is 11.8 Å². The van der Waals surface area contributed by atoms with Gasteiger partial charge < -0.3 is 0 Å². The number of unbranched alkanes of at least 4 members (excludes halogenated alkanes) is 7. The third kappa shape index (κ3) is 5.19. The van der Waals surface area contributed by atoms with Crippen LogP contribution in [0.25, 0.3) is 0 Å². The quantitative estimate of drug-likeness (QED) is 0.385. The fourth-order valence-electron chi connectivity index (χ4n) is 3.38. The first-order valence-corrected chi connectivity index (χ1v) is 12.3. The summed E-state index contributed by atoms with van der Waals surface area (Å²) in [6.07, 6.45) is 11.1. The molecule has 4 nitrogen and oxygen atoms in total. The second-order valence-electron chi connectivity index (χ2n) is 6.82. The number of Topliss-reactive ketones (excluding diaryl/α,β-unsaturated/α-hetero) is 2. The highest BCUT2D eigenvalue weighted by molar-refractivity contribution is 7.98. The minimum atomic E-state index is -3.86. The van der Waals surface area contributed by atoms with Crippen molar-refractivity contribution in [3.05, 3.63) is 29.8 Å². The number of carbonyl (C=O) groups is 2. The Kier molecular flexibility index (Phi) is 8.35. The van der Waals surface area contributed by atoms with E-state index in [-0.39, 0.29) is 16.9 Å². The molecular formula is C20H28O4S2. The molecule has 0 N–H and O–H groups in total. The molecule has 144 valence electrons. The zero-order chi connectivity index (χ0) is 19.0. The third-order valence-electron chi connectivity index (χ3n) is 4.82. The van der Waals surface area contributed by atoms with Gasteiger partial charge in [0.25, 0.3) is 0 Å². The molecule has 26 heavy (non-hydrogen) atoms. The van der Waals surface area contributed by atoms with Crippen LogP contribution in [0, 0.1) is 0 Å². The van der Waals surface area contributed by atoms with Gasteiger partial charge in [-0.05, 0) is 30.9 Å². The van der Waals surface area contributed by atoms with Crippen LogP contribution in [-0.2, 0) is 14.6 Å². The van der Waals surface area contributed by atoms with E-state index in [1.54, 1.807) is 12.1 Å². The molecule has 1 aromatic carbocycles. The molecule has 1 atom stereocenters. The minimum Gasteiger partial charge on any atom is -0.298 e. The Bertz CT molecular complexity index is 725. The lowest BCUT2D eigenvalue weighted by atomic mass is 10.0. The summed E-state index contributed by atoms with van der Waals surface area (Å²) in [5.74, 6) is 0.216. The predicted molar refractivity (Wildman–Crippen MR) is 107 cm³/mol. The van der Waals surface area contributed by atoms with Crippen LogP contribution in [0.4, 0.5) is 0 Å². The molecular weight excluding hydrogens is 368 g/mol. The number of fused-ring (bicyclic) bond motifs is 1.